The summed E-state index contributed by atoms with van der Waals surface area (Å²) in [5.41, 5.74) is 3.73. The highest BCUT2D eigenvalue weighted by Crippen LogP contribution is 2.46. The Morgan fingerprint density at radius 3 is 2.44 bits per heavy atom. The second kappa shape index (κ2) is 10.1. The van der Waals surface area contributed by atoms with E-state index in [1.807, 2.05) is 39.8 Å². The SMILES string of the molecule is CC(NC(=O)C1CCCC1(O)CCN)[C@@H](C)C(=O)N1CC[C@](O)(c2ccc(Cl)cc2)C(C)(C)C1. The molecular formula is C26H40ClN3O4. The summed E-state index contributed by atoms with van der Waals surface area (Å²) in [4.78, 5) is 28.1. The van der Waals surface area contributed by atoms with E-state index in [0.29, 0.717) is 50.3 Å². The summed E-state index contributed by atoms with van der Waals surface area (Å²) in [6.45, 7) is 8.74. The van der Waals surface area contributed by atoms with Crippen molar-refractivity contribution in [3.8, 4) is 0 Å². The minimum Gasteiger partial charge on any atom is -0.389 e. The normalized spacial score (nSPS) is 30.6. The minimum absolute atomic E-state index is 0.0531. The maximum absolute atomic E-state index is 13.4. The number of piperidine rings is 1. The predicted molar refractivity (Wildman–Crippen MR) is 133 cm³/mol. The molecule has 0 aromatic heterocycles. The van der Waals surface area contributed by atoms with Crippen molar-refractivity contribution in [3.05, 3.63) is 34.9 Å². The maximum atomic E-state index is 13.4. The van der Waals surface area contributed by atoms with Gasteiger partial charge in [0.25, 0.3) is 0 Å². The largest absolute Gasteiger partial charge is 0.389 e. The summed E-state index contributed by atoms with van der Waals surface area (Å²) in [6.07, 6.45) is 2.80. The molecule has 34 heavy (non-hydrogen) atoms. The quantitative estimate of drug-likeness (QED) is 0.466. The van der Waals surface area contributed by atoms with Gasteiger partial charge in [0, 0.05) is 29.6 Å². The van der Waals surface area contributed by atoms with Crippen LogP contribution in [-0.2, 0) is 15.2 Å². The van der Waals surface area contributed by atoms with Gasteiger partial charge in [0.15, 0.2) is 0 Å². The van der Waals surface area contributed by atoms with Gasteiger partial charge in [-0.3, -0.25) is 9.59 Å². The topological polar surface area (TPSA) is 116 Å². The number of aliphatic hydroxyl groups is 2. The predicted octanol–water partition coefficient (Wildman–Crippen LogP) is 2.81. The summed E-state index contributed by atoms with van der Waals surface area (Å²) in [5.74, 6) is -1.20. The van der Waals surface area contributed by atoms with E-state index in [4.69, 9.17) is 17.3 Å². The molecule has 3 rings (SSSR count). The lowest BCUT2D eigenvalue weighted by atomic mass is 9.66. The first-order chi connectivity index (χ1) is 15.8. The Morgan fingerprint density at radius 2 is 1.85 bits per heavy atom. The van der Waals surface area contributed by atoms with Crippen molar-refractivity contribution in [2.45, 2.75) is 77.0 Å². The molecular weight excluding hydrogens is 454 g/mol. The molecule has 2 fully saturated rings. The van der Waals surface area contributed by atoms with Crippen LogP contribution in [0.25, 0.3) is 0 Å². The zero-order valence-corrected chi connectivity index (χ0v) is 21.6. The van der Waals surface area contributed by atoms with Gasteiger partial charge in [-0.15, -0.1) is 0 Å². The Bertz CT molecular complexity index is 893. The van der Waals surface area contributed by atoms with Crippen LogP contribution < -0.4 is 11.1 Å². The first-order valence-electron chi connectivity index (χ1n) is 12.3. The molecule has 1 saturated heterocycles. The molecule has 0 spiro atoms. The number of hydrogen-bond donors (Lipinski definition) is 4. The Morgan fingerprint density at radius 1 is 1.21 bits per heavy atom. The number of carbonyl (C=O) groups excluding carboxylic acids is 2. The zero-order chi connectivity index (χ0) is 25.3. The third kappa shape index (κ3) is 5.13. The van der Waals surface area contributed by atoms with E-state index in [9.17, 15) is 19.8 Å². The molecule has 5 N–H and O–H groups in total. The lowest BCUT2D eigenvalue weighted by Gasteiger charge is -2.51. The molecule has 0 bridgehead atoms. The van der Waals surface area contributed by atoms with Gasteiger partial charge < -0.3 is 26.2 Å². The highest BCUT2D eigenvalue weighted by Gasteiger charge is 2.50. The Labute approximate surface area is 208 Å². The maximum Gasteiger partial charge on any atom is 0.227 e. The molecule has 1 aliphatic heterocycles. The van der Waals surface area contributed by atoms with E-state index < -0.39 is 28.5 Å². The van der Waals surface area contributed by atoms with E-state index in [-0.39, 0.29) is 17.9 Å². The highest BCUT2D eigenvalue weighted by molar-refractivity contribution is 6.30. The lowest BCUT2D eigenvalue weighted by Crippen LogP contribution is -2.58. The average Bonchev–Trinajstić information content (AvgIpc) is 3.16. The summed E-state index contributed by atoms with van der Waals surface area (Å²) in [6, 6.07) is 6.85. The first-order valence-corrected chi connectivity index (χ1v) is 12.7. The van der Waals surface area contributed by atoms with Crippen LogP contribution in [0.3, 0.4) is 0 Å². The number of amides is 2. The molecule has 1 heterocycles. The van der Waals surface area contributed by atoms with E-state index in [2.05, 4.69) is 5.32 Å². The van der Waals surface area contributed by atoms with Gasteiger partial charge in [-0.25, -0.2) is 0 Å². The molecule has 5 atom stereocenters. The van der Waals surface area contributed by atoms with Gasteiger partial charge in [0.2, 0.25) is 11.8 Å². The number of benzene rings is 1. The number of nitrogens with two attached hydrogens (primary N) is 1. The lowest BCUT2D eigenvalue weighted by molar-refractivity contribution is -0.157. The van der Waals surface area contributed by atoms with Crippen molar-refractivity contribution in [3.63, 3.8) is 0 Å². The van der Waals surface area contributed by atoms with Crippen LogP contribution in [-0.4, -0.2) is 58.2 Å². The second-order valence-electron chi connectivity index (χ2n) is 10.9. The van der Waals surface area contributed by atoms with Gasteiger partial charge in [-0.2, -0.15) is 0 Å². The van der Waals surface area contributed by atoms with Crippen LogP contribution in [0.4, 0.5) is 0 Å². The molecule has 3 unspecified atom stereocenters. The minimum atomic E-state index is -1.08. The standard InChI is InChI=1S/C26H40ClN3O4/c1-17(18(2)29-22(31)21-6-5-11-25(21,33)12-14-28)23(32)30-15-13-26(34,24(3,4)16-30)19-7-9-20(27)10-8-19/h7-10,17-18,21,33-34H,5-6,11-16,28H2,1-4H3,(H,29,31)/t17-,18?,21?,25?,26+/m1/s1. The fraction of sp³-hybridized carbons (Fsp3) is 0.692. The Kier molecular flexibility index (Phi) is 8.03. The molecule has 0 radical (unpaired) electrons. The van der Waals surface area contributed by atoms with Crippen molar-refractivity contribution in [1.29, 1.82) is 0 Å². The molecule has 7 nitrogen and oxygen atoms in total. The fourth-order valence-corrected chi connectivity index (χ4v) is 5.83. The Hall–Kier alpha value is -1.67. The molecule has 190 valence electrons. The molecule has 2 amide bonds. The van der Waals surface area contributed by atoms with Crippen LogP contribution in [0.1, 0.15) is 65.4 Å². The van der Waals surface area contributed by atoms with Gasteiger partial charge in [0.1, 0.15) is 0 Å². The summed E-state index contributed by atoms with van der Waals surface area (Å²) < 4.78 is 0. The van der Waals surface area contributed by atoms with Crippen LogP contribution in [0, 0.1) is 17.3 Å². The van der Waals surface area contributed by atoms with Crippen molar-refractivity contribution in [2.24, 2.45) is 23.0 Å². The smallest absolute Gasteiger partial charge is 0.227 e. The molecule has 1 aromatic carbocycles. The number of nitrogens with one attached hydrogen (secondary N) is 1. The number of halogens is 1. The van der Waals surface area contributed by atoms with Gasteiger partial charge in [-0.05, 0) is 63.3 Å². The second-order valence-corrected chi connectivity index (χ2v) is 11.4. The zero-order valence-electron chi connectivity index (χ0n) is 20.8. The van der Waals surface area contributed by atoms with Crippen molar-refractivity contribution >= 4 is 23.4 Å². The molecule has 8 heteroatoms. The third-order valence-corrected chi connectivity index (χ3v) is 8.49. The van der Waals surface area contributed by atoms with E-state index >= 15 is 0 Å². The van der Waals surface area contributed by atoms with E-state index in [1.165, 1.54) is 0 Å². The average molecular weight is 494 g/mol. The van der Waals surface area contributed by atoms with Crippen molar-refractivity contribution in [1.82, 2.24) is 10.2 Å². The molecule has 2 aliphatic rings. The summed E-state index contributed by atoms with van der Waals surface area (Å²) in [5, 5.41) is 26.0. The summed E-state index contributed by atoms with van der Waals surface area (Å²) >= 11 is 6.02. The van der Waals surface area contributed by atoms with Gasteiger partial charge in [0.05, 0.1) is 23.0 Å². The molecule has 1 aromatic rings. The van der Waals surface area contributed by atoms with Crippen LogP contribution >= 0.6 is 11.6 Å². The number of rotatable bonds is 7. The number of hydrogen-bond acceptors (Lipinski definition) is 5. The summed E-state index contributed by atoms with van der Waals surface area (Å²) in [7, 11) is 0. The molecule has 1 saturated carbocycles. The van der Waals surface area contributed by atoms with Crippen molar-refractivity contribution in [2.75, 3.05) is 19.6 Å². The number of likely N-dealkylation sites (tertiary alicyclic amines) is 1. The van der Waals surface area contributed by atoms with Gasteiger partial charge in [-0.1, -0.05) is 44.5 Å². The van der Waals surface area contributed by atoms with Crippen LogP contribution in [0.15, 0.2) is 24.3 Å². The van der Waals surface area contributed by atoms with Crippen molar-refractivity contribution < 1.29 is 19.8 Å². The third-order valence-electron chi connectivity index (χ3n) is 8.24. The first kappa shape index (κ1) is 26.9. The van der Waals surface area contributed by atoms with E-state index in [1.54, 1.807) is 17.0 Å². The number of carbonyl (C=O) groups is 2. The highest BCUT2D eigenvalue weighted by atomic mass is 35.5. The van der Waals surface area contributed by atoms with Crippen LogP contribution in [0.5, 0.6) is 0 Å². The Balaban J connectivity index is 1.64. The monoisotopic (exact) mass is 493 g/mol. The fourth-order valence-electron chi connectivity index (χ4n) is 5.70. The van der Waals surface area contributed by atoms with Gasteiger partial charge >= 0.3 is 0 Å². The van der Waals surface area contributed by atoms with E-state index in [0.717, 1.165) is 12.0 Å². The van der Waals surface area contributed by atoms with Crippen LogP contribution in [0.2, 0.25) is 5.02 Å². The molecule has 1 aliphatic carbocycles. The number of nitrogens with zero attached hydrogens (tertiary/aromatic N) is 1.